The first-order chi connectivity index (χ1) is 13.4. The fourth-order valence-corrected chi connectivity index (χ4v) is 3.51. The Morgan fingerprint density at radius 1 is 1.11 bits per heavy atom. The van der Waals surface area contributed by atoms with Crippen LogP contribution in [-0.4, -0.2) is 31.9 Å². The molecule has 7 heteroatoms. The van der Waals surface area contributed by atoms with Crippen LogP contribution >= 0.6 is 0 Å². The van der Waals surface area contributed by atoms with Gasteiger partial charge in [-0.15, -0.1) is 0 Å². The molecule has 1 aliphatic carbocycles. The molecule has 0 radical (unpaired) electrons. The fraction of sp³-hybridized carbons (Fsp3) is 0.333. The van der Waals surface area contributed by atoms with E-state index in [4.69, 9.17) is 0 Å². The van der Waals surface area contributed by atoms with E-state index in [0.717, 1.165) is 33.4 Å². The molecular weight excluding hydrogens is 360 g/mol. The van der Waals surface area contributed by atoms with Gasteiger partial charge < -0.3 is 5.32 Å². The molecule has 0 atom stereocenters. The maximum atomic E-state index is 13.3. The Labute approximate surface area is 162 Å². The normalized spacial score (nSPS) is 16.8. The number of nitrogens with one attached hydrogen (secondary N) is 1. The minimum Gasteiger partial charge on any atom is -0.351 e. The number of anilines is 1. The highest BCUT2D eigenvalue weighted by Crippen LogP contribution is 2.34. The highest BCUT2D eigenvalue weighted by Gasteiger charge is 2.35. The Bertz CT molecular complexity index is 1020. The summed E-state index contributed by atoms with van der Waals surface area (Å²) < 4.78 is 26.6. The third-order valence-corrected chi connectivity index (χ3v) is 5.17. The lowest BCUT2D eigenvalue weighted by Gasteiger charge is -2.28. The van der Waals surface area contributed by atoms with E-state index in [0.29, 0.717) is 18.8 Å². The molecule has 1 aromatic carbocycles. The quantitative estimate of drug-likeness (QED) is 0.705. The summed E-state index contributed by atoms with van der Waals surface area (Å²) in [6, 6.07) is 5.78. The average Bonchev–Trinajstić information content (AvgIpc) is 2.69. The summed E-state index contributed by atoms with van der Waals surface area (Å²) in [5.74, 6) is -2.07. The molecule has 1 N–H and O–H groups in total. The van der Waals surface area contributed by atoms with Crippen molar-refractivity contribution >= 4 is 22.6 Å². The Hall–Kier alpha value is -2.96. The van der Waals surface area contributed by atoms with Crippen molar-refractivity contribution in [2.24, 2.45) is 0 Å². The molecule has 144 valence electrons. The molecule has 0 spiro atoms. The zero-order valence-corrected chi connectivity index (χ0v) is 15.6. The molecule has 3 aromatic rings. The van der Waals surface area contributed by atoms with Gasteiger partial charge in [-0.1, -0.05) is 12.6 Å². The maximum absolute atomic E-state index is 13.3. The van der Waals surface area contributed by atoms with Crippen LogP contribution in [-0.2, 0) is 0 Å². The fourth-order valence-electron chi connectivity index (χ4n) is 3.51. The van der Waals surface area contributed by atoms with E-state index >= 15 is 0 Å². The lowest BCUT2D eigenvalue weighted by atomic mass is 9.92. The van der Waals surface area contributed by atoms with Gasteiger partial charge in [-0.25, -0.2) is 18.7 Å². The van der Waals surface area contributed by atoms with Gasteiger partial charge in [0.05, 0.1) is 16.7 Å². The van der Waals surface area contributed by atoms with Gasteiger partial charge in [0.25, 0.3) is 0 Å². The number of halogens is 2. The van der Waals surface area contributed by atoms with Crippen molar-refractivity contribution in [2.45, 2.75) is 44.6 Å². The Kier molecular flexibility index (Phi) is 4.75. The van der Waals surface area contributed by atoms with Crippen molar-refractivity contribution in [3.63, 3.8) is 0 Å². The van der Waals surface area contributed by atoms with E-state index in [2.05, 4.69) is 31.8 Å². The first kappa shape index (κ1) is 18.4. The maximum Gasteiger partial charge on any atom is 0.248 e. The molecule has 0 aliphatic heterocycles. The van der Waals surface area contributed by atoms with Crippen LogP contribution in [0.1, 0.15) is 42.5 Å². The minimum atomic E-state index is -2.54. The second-order valence-electron chi connectivity index (χ2n) is 7.21. The van der Waals surface area contributed by atoms with Crippen LogP contribution in [0.5, 0.6) is 0 Å². The molecule has 0 saturated heterocycles. The first-order valence-electron chi connectivity index (χ1n) is 9.30. The van der Waals surface area contributed by atoms with Gasteiger partial charge >= 0.3 is 0 Å². The second-order valence-corrected chi connectivity index (χ2v) is 7.21. The van der Waals surface area contributed by atoms with E-state index in [1.807, 2.05) is 25.1 Å². The topological polar surface area (TPSA) is 63.6 Å². The largest absolute Gasteiger partial charge is 0.351 e. The number of hydrogen-bond acceptors (Lipinski definition) is 5. The van der Waals surface area contributed by atoms with Crippen molar-refractivity contribution in [1.29, 1.82) is 0 Å². The molecule has 0 bridgehead atoms. The summed E-state index contributed by atoms with van der Waals surface area (Å²) in [6.45, 7) is 6.08. The molecule has 28 heavy (non-hydrogen) atoms. The van der Waals surface area contributed by atoms with E-state index in [1.54, 1.807) is 18.6 Å². The molecule has 0 unspecified atom stereocenters. The van der Waals surface area contributed by atoms with Crippen LogP contribution in [0.4, 0.5) is 14.7 Å². The average molecular weight is 381 g/mol. The van der Waals surface area contributed by atoms with E-state index in [9.17, 15) is 8.78 Å². The van der Waals surface area contributed by atoms with Crippen LogP contribution in [0.2, 0.25) is 0 Å². The zero-order chi connectivity index (χ0) is 19.7. The highest BCUT2D eigenvalue weighted by atomic mass is 19.3. The van der Waals surface area contributed by atoms with Gasteiger partial charge in [0.15, 0.2) is 0 Å². The van der Waals surface area contributed by atoms with Crippen molar-refractivity contribution in [2.75, 3.05) is 5.32 Å². The summed E-state index contributed by atoms with van der Waals surface area (Å²) in [5, 5.41) is 3.19. The third-order valence-electron chi connectivity index (χ3n) is 5.17. The van der Waals surface area contributed by atoms with Crippen LogP contribution in [0.15, 0.2) is 43.4 Å². The van der Waals surface area contributed by atoms with Crippen molar-refractivity contribution in [3.05, 3.63) is 60.2 Å². The number of nitrogens with zero attached hydrogens (tertiary/aromatic N) is 4. The summed E-state index contributed by atoms with van der Waals surface area (Å²) >= 11 is 0. The SMILES string of the molecule is C=C(c1ccc2nccnc2c1)c1cnc(NC2CCC(F)(F)CC2)nc1C. The summed E-state index contributed by atoms with van der Waals surface area (Å²) in [4.78, 5) is 17.5. The number of aryl methyl sites for hydroxylation is 1. The Morgan fingerprint density at radius 2 is 1.82 bits per heavy atom. The van der Waals surface area contributed by atoms with Crippen molar-refractivity contribution < 1.29 is 8.78 Å². The van der Waals surface area contributed by atoms with Gasteiger partial charge in [0.1, 0.15) is 0 Å². The molecule has 2 heterocycles. The lowest BCUT2D eigenvalue weighted by molar-refractivity contribution is -0.0361. The predicted octanol–water partition coefficient (Wildman–Crippen LogP) is 4.78. The van der Waals surface area contributed by atoms with Gasteiger partial charge in [0.2, 0.25) is 11.9 Å². The number of hydrogen-bond donors (Lipinski definition) is 1. The second kappa shape index (κ2) is 7.22. The van der Waals surface area contributed by atoms with Crippen LogP contribution in [0.25, 0.3) is 16.6 Å². The molecule has 2 aromatic heterocycles. The monoisotopic (exact) mass is 381 g/mol. The summed E-state index contributed by atoms with van der Waals surface area (Å²) in [6.07, 6.45) is 5.70. The summed E-state index contributed by atoms with van der Waals surface area (Å²) in [5.41, 5.74) is 4.97. The molecule has 1 saturated carbocycles. The standard InChI is InChI=1S/C21H21F2N5/c1-13(15-3-4-18-19(11-15)25-10-9-24-18)17-12-26-20(27-14(17)2)28-16-5-7-21(22,23)8-6-16/h3-4,9-12,16H,1,5-8H2,2H3,(H,26,27,28). The molecule has 5 nitrogen and oxygen atoms in total. The third kappa shape index (κ3) is 3.83. The van der Waals surface area contributed by atoms with E-state index in [-0.39, 0.29) is 18.9 Å². The molecular formula is C21H21F2N5. The first-order valence-corrected chi connectivity index (χ1v) is 9.30. The van der Waals surface area contributed by atoms with E-state index in [1.165, 1.54) is 0 Å². The lowest BCUT2D eigenvalue weighted by Crippen LogP contribution is -2.32. The van der Waals surface area contributed by atoms with Gasteiger partial charge in [-0.3, -0.25) is 9.97 Å². The smallest absolute Gasteiger partial charge is 0.248 e. The molecule has 1 fully saturated rings. The van der Waals surface area contributed by atoms with Crippen LogP contribution < -0.4 is 5.32 Å². The number of alkyl halides is 2. The zero-order valence-electron chi connectivity index (χ0n) is 15.6. The van der Waals surface area contributed by atoms with Gasteiger partial charge in [-0.2, -0.15) is 0 Å². The summed E-state index contributed by atoms with van der Waals surface area (Å²) in [7, 11) is 0. The Morgan fingerprint density at radius 3 is 2.54 bits per heavy atom. The molecule has 4 rings (SSSR count). The van der Waals surface area contributed by atoms with E-state index < -0.39 is 5.92 Å². The molecule has 0 amide bonds. The van der Waals surface area contributed by atoms with Gasteiger partial charge in [-0.05, 0) is 43.0 Å². The van der Waals surface area contributed by atoms with Gasteiger partial charge in [0, 0.05) is 43.0 Å². The van der Waals surface area contributed by atoms with Crippen LogP contribution in [0, 0.1) is 6.92 Å². The van der Waals surface area contributed by atoms with Crippen molar-refractivity contribution in [1.82, 2.24) is 19.9 Å². The number of aromatic nitrogens is 4. The molecule has 1 aliphatic rings. The predicted molar refractivity (Wildman–Crippen MR) is 105 cm³/mol. The van der Waals surface area contributed by atoms with Crippen molar-refractivity contribution in [3.8, 4) is 0 Å². The minimum absolute atomic E-state index is 0.0212. The van der Waals surface area contributed by atoms with Crippen LogP contribution in [0.3, 0.4) is 0 Å². The highest BCUT2D eigenvalue weighted by molar-refractivity contribution is 5.85. The number of rotatable bonds is 4. The Balaban J connectivity index is 1.51. The number of benzene rings is 1. The number of fused-ring (bicyclic) bond motifs is 1.